The van der Waals surface area contributed by atoms with Gasteiger partial charge in [0, 0.05) is 18.6 Å². The molecule has 2 fully saturated rings. The lowest BCUT2D eigenvalue weighted by molar-refractivity contribution is 0.163. The molecule has 1 nitrogen and oxygen atoms in total. The van der Waals surface area contributed by atoms with Crippen molar-refractivity contribution in [2.45, 2.75) is 51.0 Å². The zero-order valence-electron chi connectivity index (χ0n) is 8.97. The lowest BCUT2D eigenvalue weighted by atomic mass is 9.84. The number of hydrogen-bond acceptors (Lipinski definition) is 1. The van der Waals surface area contributed by atoms with E-state index in [2.05, 4.69) is 13.8 Å². The smallest absolute Gasteiger partial charge is 0.115 e. The van der Waals surface area contributed by atoms with Crippen LogP contribution >= 0.6 is 0 Å². The van der Waals surface area contributed by atoms with Crippen molar-refractivity contribution in [3.05, 3.63) is 0 Å². The molecule has 2 unspecified atom stereocenters. The van der Waals surface area contributed by atoms with E-state index >= 15 is 0 Å². The van der Waals surface area contributed by atoms with Gasteiger partial charge in [0.15, 0.2) is 0 Å². The van der Waals surface area contributed by atoms with E-state index in [1.165, 1.54) is 0 Å². The number of halogens is 2. The van der Waals surface area contributed by atoms with Gasteiger partial charge in [0.1, 0.15) is 12.3 Å². The van der Waals surface area contributed by atoms with Crippen molar-refractivity contribution in [2.75, 3.05) is 13.1 Å². The van der Waals surface area contributed by atoms with Gasteiger partial charge in [-0.05, 0) is 25.2 Å². The second kappa shape index (κ2) is 3.44. The summed E-state index contributed by atoms with van der Waals surface area (Å²) in [6.07, 6.45) is 0.563. The van der Waals surface area contributed by atoms with E-state index in [0.29, 0.717) is 31.8 Å². The molecule has 2 saturated heterocycles. The molecular weight excluding hydrogens is 184 g/mol. The Hall–Kier alpha value is -0.180. The lowest BCUT2D eigenvalue weighted by Crippen LogP contribution is -2.39. The molecule has 2 rings (SSSR count). The molecule has 82 valence electrons. The Labute approximate surface area is 84.5 Å². The normalized spacial score (nSPS) is 43.5. The van der Waals surface area contributed by atoms with Crippen LogP contribution in [-0.2, 0) is 0 Å². The van der Waals surface area contributed by atoms with Crippen LogP contribution in [0.1, 0.15) is 33.1 Å². The lowest BCUT2D eigenvalue weighted by Gasteiger charge is -2.32. The maximum Gasteiger partial charge on any atom is 0.115 e. The van der Waals surface area contributed by atoms with Crippen molar-refractivity contribution < 1.29 is 8.78 Å². The van der Waals surface area contributed by atoms with Crippen molar-refractivity contribution in [3.63, 3.8) is 0 Å². The van der Waals surface area contributed by atoms with Gasteiger partial charge >= 0.3 is 0 Å². The van der Waals surface area contributed by atoms with Gasteiger partial charge in [0.25, 0.3) is 0 Å². The minimum Gasteiger partial charge on any atom is -0.292 e. The molecule has 0 aliphatic carbocycles. The Balaban J connectivity index is 2.12. The summed E-state index contributed by atoms with van der Waals surface area (Å²) >= 11 is 0. The van der Waals surface area contributed by atoms with E-state index in [4.69, 9.17) is 0 Å². The molecule has 0 saturated carbocycles. The highest BCUT2D eigenvalue weighted by Crippen LogP contribution is 2.44. The summed E-state index contributed by atoms with van der Waals surface area (Å²) in [4.78, 5) is 2.04. The van der Waals surface area contributed by atoms with E-state index in [-0.39, 0.29) is 5.54 Å². The van der Waals surface area contributed by atoms with Crippen LogP contribution in [0.2, 0.25) is 0 Å². The Morgan fingerprint density at radius 2 is 1.71 bits per heavy atom. The molecule has 0 radical (unpaired) electrons. The fraction of sp³-hybridized carbons (Fsp3) is 1.00. The summed E-state index contributed by atoms with van der Waals surface area (Å²) in [5.41, 5.74) is -0.146. The first-order chi connectivity index (χ1) is 6.52. The quantitative estimate of drug-likeness (QED) is 0.666. The van der Waals surface area contributed by atoms with E-state index in [1.54, 1.807) is 0 Å². The first-order valence-corrected chi connectivity index (χ1v) is 5.55. The zero-order chi connectivity index (χ0) is 10.3. The molecule has 0 aromatic rings. The van der Waals surface area contributed by atoms with Gasteiger partial charge in [-0.2, -0.15) is 0 Å². The van der Waals surface area contributed by atoms with Gasteiger partial charge in [-0.25, -0.2) is 8.78 Å². The number of hydrogen-bond donors (Lipinski definition) is 0. The first-order valence-electron chi connectivity index (χ1n) is 5.55. The second-order valence-corrected chi connectivity index (χ2v) is 5.33. The summed E-state index contributed by atoms with van der Waals surface area (Å²) in [5.74, 6) is 0.521. The summed E-state index contributed by atoms with van der Waals surface area (Å²) < 4.78 is 26.6. The number of alkyl halides is 2. The van der Waals surface area contributed by atoms with Gasteiger partial charge in [0.05, 0.1) is 0 Å². The van der Waals surface area contributed by atoms with E-state index in [0.717, 1.165) is 6.42 Å². The first kappa shape index (κ1) is 10.3. The van der Waals surface area contributed by atoms with Crippen molar-refractivity contribution in [3.8, 4) is 0 Å². The maximum atomic E-state index is 13.3. The van der Waals surface area contributed by atoms with Gasteiger partial charge in [0.2, 0.25) is 0 Å². The molecule has 14 heavy (non-hydrogen) atoms. The monoisotopic (exact) mass is 203 g/mol. The molecule has 0 N–H and O–H groups in total. The molecule has 0 amide bonds. The van der Waals surface area contributed by atoms with Crippen LogP contribution in [0.15, 0.2) is 0 Å². The molecule has 0 spiro atoms. The predicted octanol–water partition coefficient (Wildman–Crippen LogP) is 2.56. The molecule has 0 aromatic heterocycles. The molecule has 0 bridgehead atoms. The number of rotatable bonds is 2. The second-order valence-electron chi connectivity index (χ2n) is 5.33. The van der Waals surface area contributed by atoms with Crippen molar-refractivity contribution >= 4 is 0 Å². The van der Waals surface area contributed by atoms with E-state index < -0.39 is 12.3 Å². The topological polar surface area (TPSA) is 3.24 Å². The number of fused-ring (bicyclic) bond motifs is 1. The zero-order valence-corrected chi connectivity index (χ0v) is 8.97. The molecule has 2 heterocycles. The van der Waals surface area contributed by atoms with E-state index in [9.17, 15) is 8.78 Å². The highest BCUT2D eigenvalue weighted by molar-refractivity contribution is 5.06. The molecule has 2 aliphatic heterocycles. The van der Waals surface area contributed by atoms with Gasteiger partial charge in [-0.15, -0.1) is 0 Å². The predicted molar refractivity (Wildman–Crippen MR) is 52.8 cm³/mol. The average molecular weight is 203 g/mol. The van der Waals surface area contributed by atoms with Crippen LogP contribution < -0.4 is 0 Å². The van der Waals surface area contributed by atoms with Crippen LogP contribution in [-0.4, -0.2) is 35.9 Å². The van der Waals surface area contributed by atoms with Gasteiger partial charge in [-0.1, -0.05) is 13.8 Å². The molecular formula is C11H19F2N. The van der Waals surface area contributed by atoms with Crippen LogP contribution in [0.3, 0.4) is 0 Å². The maximum absolute atomic E-state index is 13.3. The van der Waals surface area contributed by atoms with Gasteiger partial charge in [-0.3, -0.25) is 4.90 Å². The Kier molecular flexibility index (Phi) is 2.54. The van der Waals surface area contributed by atoms with E-state index in [1.807, 2.05) is 4.90 Å². The summed E-state index contributed by atoms with van der Waals surface area (Å²) in [6.45, 7) is 5.16. The minimum absolute atomic E-state index is 0.146. The van der Waals surface area contributed by atoms with Crippen molar-refractivity contribution in [1.82, 2.24) is 4.90 Å². The highest BCUT2D eigenvalue weighted by atomic mass is 19.1. The fourth-order valence-corrected chi connectivity index (χ4v) is 3.29. The minimum atomic E-state index is -0.735. The molecule has 3 heteroatoms. The summed E-state index contributed by atoms with van der Waals surface area (Å²) in [6, 6.07) is 0. The largest absolute Gasteiger partial charge is 0.292 e. The summed E-state index contributed by atoms with van der Waals surface area (Å²) in [5, 5.41) is 0. The standard InChI is InChI=1S/C11H19F2N/c1-8(2)3-11-4-9(12)6-14(11)7-10(13)5-11/h8-10H,3-7H2,1-2H3. The third kappa shape index (κ3) is 1.67. The Bertz CT molecular complexity index is 203. The van der Waals surface area contributed by atoms with Gasteiger partial charge < -0.3 is 0 Å². The highest BCUT2D eigenvalue weighted by Gasteiger charge is 2.52. The van der Waals surface area contributed by atoms with Crippen LogP contribution in [0.5, 0.6) is 0 Å². The number of nitrogens with zero attached hydrogens (tertiary/aromatic N) is 1. The third-order valence-electron chi connectivity index (χ3n) is 3.50. The molecule has 0 aromatic carbocycles. The van der Waals surface area contributed by atoms with Crippen LogP contribution in [0.25, 0.3) is 0 Å². The molecule has 2 aliphatic rings. The van der Waals surface area contributed by atoms with Crippen molar-refractivity contribution in [1.29, 1.82) is 0 Å². The molecule has 2 atom stereocenters. The van der Waals surface area contributed by atoms with Crippen LogP contribution in [0, 0.1) is 5.92 Å². The Morgan fingerprint density at radius 1 is 1.21 bits per heavy atom. The SMILES string of the molecule is CC(C)CC12CC(F)CN1CC(F)C2. The average Bonchev–Trinajstić information content (AvgIpc) is 2.36. The van der Waals surface area contributed by atoms with Crippen molar-refractivity contribution in [2.24, 2.45) is 5.92 Å². The third-order valence-corrected chi connectivity index (χ3v) is 3.50. The fourth-order valence-electron chi connectivity index (χ4n) is 3.29. The Morgan fingerprint density at radius 3 is 2.14 bits per heavy atom. The van der Waals surface area contributed by atoms with Crippen LogP contribution in [0.4, 0.5) is 8.78 Å². The summed E-state index contributed by atoms with van der Waals surface area (Å²) in [7, 11) is 0.